The molecule has 0 saturated carbocycles. The Morgan fingerprint density at radius 3 is 2.83 bits per heavy atom. The first-order chi connectivity index (χ1) is 22.5. The molecule has 1 amide bonds. The molecule has 2 aromatic heterocycles. The number of fused-ring (bicyclic) bond motifs is 5. The Morgan fingerprint density at radius 2 is 2.00 bits per heavy atom. The molecule has 11 nitrogen and oxygen atoms in total. The first-order valence-electron chi connectivity index (χ1n) is 16.9. The number of nitrogens with two attached hydrogens (primary N) is 1. The third kappa shape index (κ3) is 5.06. The van der Waals surface area contributed by atoms with Crippen molar-refractivity contribution in [3.63, 3.8) is 0 Å². The fourth-order valence-electron chi connectivity index (χ4n) is 8.99. The van der Waals surface area contributed by atoms with Crippen molar-refractivity contribution in [1.82, 2.24) is 29.5 Å². The van der Waals surface area contributed by atoms with Gasteiger partial charge in [0.25, 0.3) is 5.91 Å². The minimum absolute atomic E-state index is 0.0862. The summed E-state index contributed by atoms with van der Waals surface area (Å²) in [5, 5.41) is 4.64. The van der Waals surface area contributed by atoms with Crippen LogP contribution in [0, 0.1) is 0 Å². The molecular weight excluding hydrogens is 599 g/mol. The average Bonchev–Trinajstić information content (AvgIpc) is 3.70. The maximum Gasteiger partial charge on any atom is 0.318 e. The molecule has 8 rings (SSSR count). The van der Waals surface area contributed by atoms with Crippen LogP contribution in [0.1, 0.15) is 84.5 Å². The van der Waals surface area contributed by atoms with E-state index in [9.17, 15) is 9.18 Å². The Labute approximate surface area is 275 Å². The molecule has 2 N–H and O–H groups in total. The molecule has 1 aromatic carbocycles. The number of carbonyl (C=O) groups excluding carboxylic acids is 1. The van der Waals surface area contributed by atoms with Crippen molar-refractivity contribution in [2.24, 2.45) is 0 Å². The van der Waals surface area contributed by atoms with Crippen molar-refractivity contribution in [3.8, 4) is 6.01 Å². The van der Waals surface area contributed by atoms with E-state index in [4.69, 9.17) is 25.2 Å². The minimum Gasteiger partial charge on any atom is -0.461 e. The summed E-state index contributed by atoms with van der Waals surface area (Å²) in [7, 11) is 3.48. The summed E-state index contributed by atoms with van der Waals surface area (Å²) in [6, 6.07) is 8.39. The van der Waals surface area contributed by atoms with Gasteiger partial charge in [0.2, 0.25) is 0 Å². The Hall–Kier alpha value is -3.77. The zero-order valence-corrected chi connectivity index (χ0v) is 27.9. The molecule has 0 unspecified atom stereocenters. The molecule has 6 heterocycles. The zero-order chi connectivity index (χ0) is 32.7. The number of amides is 1. The van der Waals surface area contributed by atoms with Crippen LogP contribution in [-0.2, 0) is 41.9 Å². The van der Waals surface area contributed by atoms with Gasteiger partial charge >= 0.3 is 6.01 Å². The van der Waals surface area contributed by atoms with Gasteiger partial charge in [0.1, 0.15) is 24.2 Å². The van der Waals surface area contributed by atoms with Gasteiger partial charge in [-0.1, -0.05) is 19.9 Å². The molecule has 1 spiro atoms. The number of rotatable bonds is 5. The Kier molecular flexibility index (Phi) is 7.07. The van der Waals surface area contributed by atoms with Gasteiger partial charge in [-0.05, 0) is 67.0 Å². The van der Waals surface area contributed by atoms with Crippen molar-refractivity contribution >= 4 is 17.4 Å². The largest absolute Gasteiger partial charge is 0.461 e. The molecule has 12 heteroatoms. The number of aryl methyl sites for hydroxylation is 1. The highest BCUT2D eigenvalue weighted by Gasteiger charge is 2.52. The predicted molar refractivity (Wildman–Crippen MR) is 175 cm³/mol. The van der Waals surface area contributed by atoms with E-state index in [1.54, 1.807) is 19.0 Å². The van der Waals surface area contributed by atoms with Crippen LogP contribution < -0.4 is 15.4 Å². The molecule has 3 aromatic rings. The predicted octanol–water partition coefficient (Wildman–Crippen LogP) is 3.97. The fourth-order valence-corrected chi connectivity index (χ4v) is 8.99. The summed E-state index contributed by atoms with van der Waals surface area (Å²) in [5.74, 6) is 0.671. The summed E-state index contributed by atoms with van der Waals surface area (Å²) in [5.41, 5.74) is 11.8. The Balaban J connectivity index is 1.17. The highest BCUT2D eigenvalue weighted by atomic mass is 19.1. The molecule has 1 aliphatic carbocycles. The van der Waals surface area contributed by atoms with Crippen LogP contribution in [0.4, 0.5) is 15.9 Å². The zero-order valence-electron chi connectivity index (χ0n) is 27.9. The van der Waals surface area contributed by atoms with Crippen molar-refractivity contribution in [1.29, 1.82) is 0 Å². The van der Waals surface area contributed by atoms with E-state index < -0.39 is 11.8 Å². The lowest BCUT2D eigenvalue weighted by atomic mass is 9.82. The average molecular weight is 645 g/mol. The minimum atomic E-state index is -0.833. The molecule has 47 heavy (non-hydrogen) atoms. The molecule has 5 aliphatic rings. The van der Waals surface area contributed by atoms with Gasteiger partial charge in [-0.3, -0.25) is 14.4 Å². The molecular formula is C35H45FN8O3. The number of benzene rings is 1. The maximum atomic E-state index is 14.6. The topological polar surface area (TPSA) is 115 Å². The quantitative estimate of drug-likeness (QED) is 0.412. The van der Waals surface area contributed by atoms with E-state index in [0.717, 1.165) is 72.8 Å². The number of hydrogen-bond acceptors (Lipinski definition) is 9. The van der Waals surface area contributed by atoms with Gasteiger partial charge < -0.3 is 25.0 Å². The number of ether oxygens (including phenoxy) is 2. The van der Waals surface area contributed by atoms with Crippen molar-refractivity contribution < 1.29 is 18.7 Å². The lowest BCUT2D eigenvalue weighted by molar-refractivity contribution is -0.0802. The number of nitrogens with zero attached hydrogens (tertiary/aromatic N) is 7. The van der Waals surface area contributed by atoms with Gasteiger partial charge in [0, 0.05) is 57.8 Å². The molecule has 2 saturated heterocycles. The highest BCUT2D eigenvalue weighted by Crippen LogP contribution is 2.54. The molecule has 0 bridgehead atoms. The molecule has 3 atom stereocenters. The van der Waals surface area contributed by atoms with E-state index in [0.29, 0.717) is 57.4 Å². The van der Waals surface area contributed by atoms with Crippen LogP contribution in [0.25, 0.3) is 0 Å². The smallest absolute Gasteiger partial charge is 0.318 e. The van der Waals surface area contributed by atoms with Crippen molar-refractivity contribution in [2.75, 3.05) is 51.0 Å². The van der Waals surface area contributed by atoms with Gasteiger partial charge in [0.15, 0.2) is 5.69 Å². The van der Waals surface area contributed by atoms with Crippen LogP contribution in [0.2, 0.25) is 0 Å². The van der Waals surface area contributed by atoms with Crippen molar-refractivity contribution in [2.45, 2.75) is 94.8 Å². The molecule has 2 fully saturated rings. The lowest BCUT2D eigenvalue weighted by Crippen LogP contribution is -2.43. The van der Waals surface area contributed by atoms with E-state index in [2.05, 4.69) is 40.9 Å². The number of hydrogen-bond donors (Lipinski definition) is 1. The van der Waals surface area contributed by atoms with E-state index in [1.807, 2.05) is 16.8 Å². The van der Waals surface area contributed by atoms with Crippen LogP contribution in [0.3, 0.4) is 0 Å². The second kappa shape index (κ2) is 10.9. The fraction of sp³-hybridized carbons (Fsp3) is 0.600. The molecule has 250 valence electrons. The third-order valence-electron chi connectivity index (χ3n) is 11.2. The number of anilines is 2. The van der Waals surface area contributed by atoms with Gasteiger partial charge in [-0.2, -0.15) is 15.1 Å². The first kappa shape index (κ1) is 30.6. The standard InChI is InChI=1S/C35H45FN8O3/c1-33(2)20-35(27-13-23(37)7-8-26(27)33)16-29-25(19-47-35)30(39-32(38-29)46-21-34-9-5-11-43(34)17-22(36)15-34)42-10-6-12-44-24(18-42)14-28(40-44)31(45)41(3)4/h7-8,13-14,22H,5-6,9-12,15-21,37H2,1-4H3/t22-,34+,35-/m1/s1. The van der Waals surface area contributed by atoms with Crippen LogP contribution in [-0.4, -0.2) is 87.5 Å². The summed E-state index contributed by atoms with van der Waals surface area (Å²) in [6.45, 7) is 8.61. The number of alkyl halides is 1. The summed E-state index contributed by atoms with van der Waals surface area (Å²) >= 11 is 0. The summed E-state index contributed by atoms with van der Waals surface area (Å²) in [4.78, 5) is 28.9. The maximum absolute atomic E-state index is 14.6. The van der Waals surface area contributed by atoms with Crippen LogP contribution >= 0.6 is 0 Å². The van der Waals surface area contributed by atoms with E-state index >= 15 is 0 Å². The van der Waals surface area contributed by atoms with E-state index in [-0.39, 0.29) is 16.9 Å². The van der Waals surface area contributed by atoms with Gasteiger partial charge in [-0.15, -0.1) is 0 Å². The Bertz CT molecular complexity index is 1740. The lowest BCUT2D eigenvalue weighted by Gasteiger charge is -2.38. The highest BCUT2D eigenvalue weighted by molar-refractivity contribution is 5.92. The number of halogens is 1. The first-order valence-corrected chi connectivity index (χ1v) is 16.9. The van der Waals surface area contributed by atoms with Gasteiger partial charge in [0.05, 0.1) is 30.1 Å². The SMILES string of the molecule is CN(C)C(=O)c1cc2n(n1)CCCN(c1nc(OC[C@@]34CCCN3C[C@H](F)C4)nc3c1CO[C@]1(C3)CC(C)(C)c3ccc(N)cc31)C2. The second-order valence-corrected chi connectivity index (χ2v) is 15.2. The Morgan fingerprint density at radius 1 is 1.15 bits per heavy atom. The normalized spacial score (nSPS) is 27.7. The van der Waals surface area contributed by atoms with Crippen LogP contribution in [0.15, 0.2) is 24.3 Å². The summed E-state index contributed by atoms with van der Waals surface area (Å²) in [6.07, 6.45) is 3.84. The number of aromatic nitrogens is 4. The molecule has 0 radical (unpaired) electrons. The third-order valence-corrected chi connectivity index (χ3v) is 11.2. The van der Waals surface area contributed by atoms with E-state index in [1.165, 1.54) is 5.56 Å². The van der Waals surface area contributed by atoms with Crippen LogP contribution in [0.5, 0.6) is 6.01 Å². The van der Waals surface area contributed by atoms with Crippen molar-refractivity contribution in [3.05, 3.63) is 58.0 Å². The second-order valence-electron chi connectivity index (χ2n) is 15.2. The number of carbonyl (C=O) groups is 1. The molecule has 4 aliphatic heterocycles. The monoisotopic (exact) mass is 644 g/mol. The number of nitrogen functional groups attached to an aromatic ring is 1. The van der Waals surface area contributed by atoms with Gasteiger partial charge in [-0.25, -0.2) is 4.39 Å². The summed E-state index contributed by atoms with van der Waals surface area (Å²) < 4.78 is 29.9.